The SMILES string of the molecule is Cc1sc(C(=O)O)cc1CNCCCCC(F)(F)F. The molecule has 108 valence electrons. The van der Waals surface area contributed by atoms with Crippen LogP contribution in [0.4, 0.5) is 13.2 Å². The summed E-state index contributed by atoms with van der Waals surface area (Å²) in [5.74, 6) is -0.954. The number of nitrogens with one attached hydrogen (secondary N) is 1. The fourth-order valence-corrected chi connectivity index (χ4v) is 2.48. The van der Waals surface area contributed by atoms with Gasteiger partial charge in [0.05, 0.1) is 0 Å². The Kier molecular flexibility index (Phi) is 5.81. The topological polar surface area (TPSA) is 49.3 Å². The van der Waals surface area contributed by atoms with E-state index in [4.69, 9.17) is 5.11 Å². The molecule has 3 nitrogen and oxygen atoms in total. The maximum Gasteiger partial charge on any atom is 0.389 e. The molecule has 0 aliphatic rings. The third kappa shape index (κ3) is 6.07. The third-order valence-corrected chi connectivity index (χ3v) is 3.69. The summed E-state index contributed by atoms with van der Waals surface area (Å²) in [7, 11) is 0. The molecule has 0 saturated carbocycles. The zero-order valence-corrected chi connectivity index (χ0v) is 11.3. The Morgan fingerprint density at radius 1 is 1.42 bits per heavy atom. The molecule has 0 aromatic carbocycles. The fraction of sp³-hybridized carbons (Fsp3) is 0.583. The number of carbonyl (C=O) groups is 1. The minimum Gasteiger partial charge on any atom is -0.477 e. The quantitative estimate of drug-likeness (QED) is 0.756. The van der Waals surface area contributed by atoms with Crippen molar-refractivity contribution >= 4 is 17.3 Å². The van der Waals surface area contributed by atoms with Gasteiger partial charge in [-0.15, -0.1) is 11.3 Å². The van der Waals surface area contributed by atoms with Gasteiger partial charge in [0.2, 0.25) is 0 Å². The zero-order valence-electron chi connectivity index (χ0n) is 10.5. The largest absolute Gasteiger partial charge is 0.477 e. The molecule has 2 N–H and O–H groups in total. The number of rotatable bonds is 7. The molecule has 1 heterocycles. The summed E-state index contributed by atoms with van der Waals surface area (Å²) in [6, 6.07) is 1.60. The average Bonchev–Trinajstić information content (AvgIpc) is 2.64. The Balaban J connectivity index is 2.24. The first kappa shape index (κ1) is 16.0. The monoisotopic (exact) mass is 295 g/mol. The molecule has 0 saturated heterocycles. The number of alkyl halides is 3. The lowest BCUT2D eigenvalue weighted by Crippen LogP contribution is -2.16. The maximum absolute atomic E-state index is 11.9. The van der Waals surface area contributed by atoms with Gasteiger partial charge in [-0.3, -0.25) is 0 Å². The van der Waals surface area contributed by atoms with Crippen molar-refractivity contribution in [3.63, 3.8) is 0 Å². The van der Waals surface area contributed by atoms with E-state index in [2.05, 4.69) is 5.32 Å². The van der Waals surface area contributed by atoms with Gasteiger partial charge in [0.1, 0.15) is 4.88 Å². The Morgan fingerprint density at radius 3 is 2.63 bits per heavy atom. The molecule has 0 radical (unpaired) electrons. The van der Waals surface area contributed by atoms with Crippen LogP contribution < -0.4 is 5.32 Å². The Labute approximate surface area is 113 Å². The van der Waals surface area contributed by atoms with Crippen molar-refractivity contribution in [3.8, 4) is 0 Å². The Morgan fingerprint density at radius 2 is 2.11 bits per heavy atom. The van der Waals surface area contributed by atoms with Gasteiger partial charge in [-0.1, -0.05) is 0 Å². The van der Waals surface area contributed by atoms with Crippen molar-refractivity contribution < 1.29 is 23.1 Å². The molecule has 0 spiro atoms. The van der Waals surface area contributed by atoms with Crippen molar-refractivity contribution in [2.75, 3.05) is 6.54 Å². The number of aromatic carboxylic acids is 1. The Bertz CT molecular complexity index is 429. The van der Waals surface area contributed by atoms with E-state index in [1.54, 1.807) is 6.07 Å². The fourth-order valence-electron chi connectivity index (χ4n) is 1.60. The molecule has 0 aliphatic heterocycles. The molecule has 1 rings (SSSR count). The standard InChI is InChI=1S/C12H16F3NO2S/c1-8-9(6-10(19-8)11(17)18)7-16-5-3-2-4-12(13,14)15/h6,16H,2-5,7H2,1H3,(H,17,18). The minimum absolute atomic E-state index is 0.111. The lowest BCUT2D eigenvalue weighted by atomic mass is 10.2. The van der Waals surface area contributed by atoms with E-state index in [0.717, 1.165) is 10.4 Å². The zero-order chi connectivity index (χ0) is 14.5. The van der Waals surface area contributed by atoms with Gasteiger partial charge in [-0.2, -0.15) is 13.2 Å². The molecule has 0 amide bonds. The number of hydrogen-bond donors (Lipinski definition) is 2. The molecule has 0 bridgehead atoms. The number of unbranched alkanes of at least 4 members (excludes halogenated alkanes) is 1. The van der Waals surface area contributed by atoms with Crippen molar-refractivity contribution in [1.82, 2.24) is 5.32 Å². The highest BCUT2D eigenvalue weighted by Crippen LogP contribution is 2.22. The molecular formula is C12H16F3NO2S. The number of aryl methyl sites for hydroxylation is 1. The lowest BCUT2D eigenvalue weighted by Gasteiger charge is -2.06. The second kappa shape index (κ2) is 6.91. The summed E-state index contributed by atoms with van der Waals surface area (Å²) in [5, 5.41) is 11.9. The van der Waals surface area contributed by atoms with E-state index in [0.29, 0.717) is 19.5 Å². The molecule has 7 heteroatoms. The third-order valence-electron chi connectivity index (χ3n) is 2.61. The van der Waals surface area contributed by atoms with Gasteiger partial charge in [-0.25, -0.2) is 4.79 Å². The van der Waals surface area contributed by atoms with Crippen molar-refractivity contribution in [2.45, 2.75) is 38.9 Å². The van der Waals surface area contributed by atoms with Crippen molar-refractivity contribution in [3.05, 3.63) is 21.4 Å². The van der Waals surface area contributed by atoms with Crippen LogP contribution in [-0.4, -0.2) is 23.8 Å². The number of thiophene rings is 1. The van der Waals surface area contributed by atoms with Crippen LogP contribution in [0.25, 0.3) is 0 Å². The van der Waals surface area contributed by atoms with E-state index in [1.807, 2.05) is 6.92 Å². The number of hydrogen-bond acceptors (Lipinski definition) is 3. The predicted octanol–water partition coefficient (Wildman–Crippen LogP) is 3.58. The van der Waals surface area contributed by atoms with Crippen LogP contribution in [0.1, 0.15) is 39.4 Å². The molecule has 0 fully saturated rings. The minimum atomic E-state index is -4.08. The van der Waals surface area contributed by atoms with Crippen LogP contribution in [0.2, 0.25) is 0 Å². The summed E-state index contributed by atoms with van der Waals surface area (Å²) in [6.45, 7) is 2.81. The van der Waals surface area contributed by atoms with Crippen LogP contribution >= 0.6 is 11.3 Å². The van der Waals surface area contributed by atoms with Gasteiger partial charge in [-0.05, 0) is 37.9 Å². The predicted molar refractivity (Wildman–Crippen MR) is 67.6 cm³/mol. The number of carboxylic acids is 1. The van der Waals surface area contributed by atoms with E-state index in [1.165, 1.54) is 11.3 Å². The second-order valence-electron chi connectivity index (χ2n) is 4.25. The smallest absolute Gasteiger partial charge is 0.389 e. The van der Waals surface area contributed by atoms with E-state index in [-0.39, 0.29) is 11.3 Å². The first-order valence-corrected chi connectivity index (χ1v) is 6.71. The number of carboxylic acid groups (broad SMARTS) is 1. The van der Waals surface area contributed by atoms with Gasteiger partial charge in [0.25, 0.3) is 0 Å². The normalized spacial score (nSPS) is 11.8. The van der Waals surface area contributed by atoms with Gasteiger partial charge in [0.15, 0.2) is 0 Å². The maximum atomic E-state index is 11.9. The summed E-state index contributed by atoms with van der Waals surface area (Å²) >= 11 is 1.21. The molecule has 1 aromatic heterocycles. The highest BCUT2D eigenvalue weighted by molar-refractivity contribution is 7.14. The van der Waals surface area contributed by atoms with Crippen molar-refractivity contribution in [2.24, 2.45) is 0 Å². The molecule has 0 aliphatic carbocycles. The van der Waals surface area contributed by atoms with Gasteiger partial charge in [0, 0.05) is 17.8 Å². The summed E-state index contributed by atoms with van der Waals surface area (Å²) in [6.07, 6.45) is -4.27. The van der Waals surface area contributed by atoms with Crippen LogP contribution in [-0.2, 0) is 6.54 Å². The van der Waals surface area contributed by atoms with Crippen LogP contribution in [0.15, 0.2) is 6.07 Å². The number of halogens is 3. The summed E-state index contributed by atoms with van der Waals surface area (Å²) in [5.41, 5.74) is 0.887. The summed E-state index contributed by atoms with van der Waals surface area (Å²) < 4.78 is 35.7. The van der Waals surface area contributed by atoms with Crippen molar-refractivity contribution in [1.29, 1.82) is 0 Å². The average molecular weight is 295 g/mol. The molecule has 19 heavy (non-hydrogen) atoms. The van der Waals surface area contributed by atoms with Gasteiger partial charge >= 0.3 is 12.1 Å². The van der Waals surface area contributed by atoms with Gasteiger partial charge < -0.3 is 10.4 Å². The van der Waals surface area contributed by atoms with E-state index in [9.17, 15) is 18.0 Å². The van der Waals surface area contributed by atoms with Crippen LogP contribution in [0.5, 0.6) is 0 Å². The van der Waals surface area contributed by atoms with E-state index >= 15 is 0 Å². The van der Waals surface area contributed by atoms with Crippen LogP contribution in [0.3, 0.4) is 0 Å². The molecule has 0 unspecified atom stereocenters. The highest BCUT2D eigenvalue weighted by Gasteiger charge is 2.25. The summed E-state index contributed by atoms with van der Waals surface area (Å²) in [4.78, 5) is 12.0. The van der Waals surface area contributed by atoms with Crippen LogP contribution in [0, 0.1) is 6.92 Å². The first-order chi connectivity index (χ1) is 8.79. The Hall–Kier alpha value is -1.08. The lowest BCUT2D eigenvalue weighted by molar-refractivity contribution is -0.135. The first-order valence-electron chi connectivity index (χ1n) is 5.89. The second-order valence-corrected chi connectivity index (χ2v) is 5.50. The molecule has 1 aromatic rings. The molecular weight excluding hydrogens is 279 g/mol. The van der Waals surface area contributed by atoms with E-state index < -0.39 is 18.6 Å². The molecule has 0 atom stereocenters. The highest BCUT2D eigenvalue weighted by atomic mass is 32.1.